The fourth-order valence-electron chi connectivity index (χ4n) is 3.94. The summed E-state index contributed by atoms with van der Waals surface area (Å²) in [6.07, 6.45) is 2.62. The van der Waals surface area contributed by atoms with Gasteiger partial charge < -0.3 is 5.32 Å². The highest BCUT2D eigenvalue weighted by atomic mass is 32.1. The molecule has 0 saturated carbocycles. The molecule has 0 bridgehead atoms. The first-order valence-electron chi connectivity index (χ1n) is 10.7. The SMILES string of the molecule is CCC(NC(=O)Cn1nc(C)c2c(-c3cccs3)ccnc21)c1ccc(C(C)C)cc1. The number of amides is 1. The van der Waals surface area contributed by atoms with E-state index in [0.29, 0.717) is 5.92 Å². The van der Waals surface area contributed by atoms with E-state index in [1.165, 1.54) is 10.4 Å². The third-order valence-electron chi connectivity index (χ3n) is 5.64. The van der Waals surface area contributed by atoms with E-state index in [0.717, 1.165) is 34.3 Å². The van der Waals surface area contributed by atoms with Crippen molar-refractivity contribution in [2.24, 2.45) is 0 Å². The second-order valence-electron chi connectivity index (χ2n) is 8.13. The van der Waals surface area contributed by atoms with Crippen LogP contribution in [0.15, 0.2) is 54.0 Å². The molecule has 0 aliphatic heterocycles. The van der Waals surface area contributed by atoms with E-state index in [-0.39, 0.29) is 18.5 Å². The molecule has 1 amide bonds. The number of rotatable bonds is 7. The minimum atomic E-state index is -0.0625. The lowest BCUT2D eigenvalue weighted by atomic mass is 9.98. The van der Waals surface area contributed by atoms with Crippen LogP contribution >= 0.6 is 11.3 Å². The van der Waals surface area contributed by atoms with Crippen molar-refractivity contribution in [1.29, 1.82) is 0 Å². The summed E-state index contributed by atoms with van der Waals surface area (Å²) >= 11 is 1.69. The molecule has 3 aromatic heterocycles. The maximum absolute atomic E-state index is 12.9. The van der Waals surface area contributed by atoms with Crippen LogP contribution in [0.25, 0.3) is 21.5 Å². The van der Waals surface area contributed by atoms with Crippen LogP contribution in [0.3, 0.4) is 0 Å². The Bertz CT molecular complexity index is 1180. The Balaban J connectivity index is 1.55. The number of thiophene rings is 1. The molecule has 1 aromatic carbocycles. The summed E-state index contributed by atoms with van der Waals surface area (Å²) in [6.45, 7) is 8.57. The zero-order valence-electron chi connectivity index (χ0n) is 18.4. The van der Waals surface area contributed by atoms with Crippen molar-refractivity contribution in [3.8, 4) is 10.4 Å². The molecule has 0 saturated heterocycles. The number of carbonyl (C=O) groups excluding carboxylic acids is 1. The highest BCUT2D eigenvalue weighted by Crippen LogP contribution is 2.32. The molecular weight excluding hydrogens is 404 g/mol. The van der Waals surface area contributed by atoms with Crippen molar-refractivity contribution in [2.45, 2.75) is 52.6 Å². The molecule has 0 fully saturated rings. The molecule has 0 aliphatic carbocycles. The lowest BCUT2D eigenvalue weighted by Crippen LogP contribution is -2.31. The Labute approximate surface area is 187 Å². The van der Waals surface area contributed by atoms with Crippen LogP contribution in [0.5, 0.6) is 0 Å². The zero-order chi connectivity index (χ0) is 22.0. The Hall–Kier alpha value is -2.99. The number of hydrogen-bond donors (Lipinski definition) is 1. The monoisotopic (exact) mass is 432 g/mol. The molecule has 1 unspecified atom stereocenters. The Morgan fingerprint density at radius 3 is 2.52 bits per heavy atom. The number of aromatic nitrogens is 3. The van der Waals surface area contributed by atoms with Gasteiger partial charge in [0.2, 0.25) is 5.91 Å². The normalized spacial score (nSPS) is 12.4. The summed E-state index contributed by atoms with van der Waals surface area (Å²) in [6, 6.07) is 14.7. The molecule has 160 valence electrons. The van der Waals surface area contributed by atoms with Crippen LogP contribution in [0.1, 0.15) is 56.0 Å². The standard InChI is InChI=1S/C25H28N4OS/c1-5-21(19-10-8-18(9-11-19)16(2)3)27-23(30)15-29-25-24(17(4)28-29)20(12-13-26-25)22-7-6-14-31-22/h6-14,16,21H,5,15H2,1-4H3,(H,27,30). The Morgan fingerprint density at radius 1 is 1.13 bits per heavy atom. The summed E-state index contributed by atoms with van der Waals surface area (Å²) in [5.41, 5.74) is 5.17. The van der Waals surface area contributed by atoms with Crippen molar-refractivity contribution in [1.82, 2.24) is 20.1 Å². The van der Waals surface area contributed by atoms with Crippen molar-refractivity contribution in [3.05, 3.63) is 70.9 Å². The van der Waals surface area contributed by atoms with Crippen LogP contribution in [-0.2, 0) is 11.3 Å². The smallest absolute Gasteiger partial charge is 0.242 e. The number of nitrogens with one attached hydrogen (secondary N) is 1. The Morgan fingerprint density at radius 2 is 1.87 bits per heavy atom. The first kappa shape index (κ1) is 21.2. The molecule has 1 atom stereocenters. The van der Waals surface area contributed by atoms with Crippen molar-refractivity contribution >= 4 is 28.3 Å². The Kier molecular flexibility index (Phi) is 6.18. The molecule has 4 aromatic rings. The third-order valence-corrected chi connectivity index (χ3v) is 6.54. The molecule has 0 radical (unpaired) electrons. The first-order valence-corrected chi connectivity index (χ1v) is 11.6. The van der Waals surface area contributed by atoms with Crippen LogP contribution in [0, 0.1) is 6.92 Å². The van der Waals surface area contributed by atoms with Gasteiger partial charge >= 0.3 is 0 Å². The largest absolute Gasteiger partial charge is 0.348 e. The lowest BCUT2D eigenvalue weighted by molar-refractivity contribution is -0.122. The van der Waals surface area contributed by atoms with E-state index >= 15 is 0 Å². The van der Waals surface area contributed by atoms with Crippen molar-refractivity contribution in [2.75, 3.05) is 0 Å². The van der Waals surface area contributed by atoms with Crippen LogP contribution in [0.2, 0.25) is 0 Å². The molecule has 0 spiro atoms. The quantitative estimate of drug-likeness (QED) is 0.398. The van der Waals surface area contributed by atoms with E-state index in [1.807, 2.05) is 19.1 Å². The number of carbonyl (C=O) groups is 1. The molecule has 5 nitrogen and oxygen atoms in total. The van der Waals surface area contributed by atoms with Gasteiger partial charge in [-0.25, -0.2) is 9.67 Å². The van der Waals surface area contributed by atoms with E-state index in [2.05, 4.69) is 71.9 Å². The van der Waals surface area contributed by atoms with Gasteiger partial charge in [0.25, 0.3) is 0 Å². The zero-order valence-corrected chi connectivity index (χ0v) is 19.2. The summed E-state index contributed by atoms with van der Waals surface area (Å²) in [5, 5.41) is 10.9. The van der Waals surface area contributed by atoms with Gasteiger partial charge in [0.1, 0.15) is 6.54 Å². The van der Waals surface area contributed by atoms with Gasteiger partial charge in [-0.3, -0.25) is 4.79 Å². The molecule has 0 aliphatic rings. The van der Waals surface area contributed by atoms with Gasteiger partial charge in [0, 0.05) is 16.6 Å². The van der Waals surface area contributed by atoms with Crippen molar-refractivity contribution in [3.63, 3.8) is 0 Å². The number of fused-ring (bicyclic) bond motifs is 1. The molecule has 4 rings (SSSR count). The maximum atomic E-state index is 12.9. The summed E-state index contributed by atoms with van der Waals surface area (Å²) in [5.74, 6) is 0.430. The molecular formula is C25H28N4OS. The highest BCUT2D eigenvalue weighted by molar-refractivity contribution is 7.13. The molecule has 31 heavy (non-hydrogen) atoms. The van der Waals surface area contributed by atoms with Gasteiger partial charge in [-0.2, -0.15) is 5.10 Å². The second-order valence-corrected chi connectivity index (χ2v) is 9.07. The first-order chi connectivity index (χ1) is 15.0. The fourth-order valence-corrected chi connectivity index (χ4v) is 4.70. The third kappa shape index (κ3) is 4.39. The minimum Gasteiger partial charge on any atom is -0.348 e. The van der Waals surface area contributed by atoms with Gasteiger partial charge in [-0.1, -0.05) is 51.1 Å². The van der Waals surface area contributed by atoms with E-state index in [1.54, 1.807) is 22.2 Å². The van der Waals surface area contributed by atoms with E-state index in [9.17, 15) is 4.79 Å². The van der Waals surface area contributed by atoms with Gasteiger partial charge in [-0.05, 0) is 47.9 Å². The highest BCUT2D eigenvalue weighted by Gasteiger charge is 2.18. The van der Waals surface area contributed by atoms with Gasteiger partial charge in [0.15, 0.2) is 5.65 Å². The number of hydrogen-bond acceptors (Lipinski definition) is 4. The number of aryl methyl sites for hydroxylation is 1. The van der Waals surface area contributed by atoms with Crippen molar-refractivity contribution < 1.29 is 4.79 Å². The fraction of sp³-hybridized carbons (Fsp3) is 0.320. The minimum absolute atomic E-state index is 0.0220. The van der Waals surface area contributed by atoms with E-state index < -0.39 is 0 Å². The number of pyridine rings is 1. The lowest BCUT2D eigenvalue weighted by Gasteiger charge is -2.18. The molecule has 3 heterocycles. The van der Waals surface area contributed by atoms with E-state index in [4.69, 9.17) is 0 Å². The predicted molar refractivity (Wildman–Crippen MR) is 127 cm³/mol. The van der Waals surface area contributed by atoms with Crippen LogP contribution in [-0.4, -0.2) is 20.7 Å². The average molecular weight is 433 g/mol. The van der Waals surface area contributed by atoms with Crippen LogP contribution in [0.4, 0.5) is 0 Å². The van der Waals surface area contributed by atoms with Crippen LogP contribution < -0.4 is 5.32 Å². The maximum Gasteiger partial charge on any atom is 0.242 e. The predicted octanol–water partition coefficient (Wildman–Crippen LogP) is 5.86. The second kappa shape index (κ2) is 9.02. The van der Waals surface area contributed by atoms with Gasteiger partial charge in [0.05, 0.1) is 17.1 Å². The summed E-state index contributed by atoms with van der Waals surface area (Å²) in [7, 11) is 0. The summed E-state index contributed by atoms with van der Waals surface area (Å²) < 4.78 is 1.71. The topological polar surface area (TPSA) is 59.8 Å². The van der Waals surface area contributed by atoms with Gasteiger partial charge in [-0.15, -0.1) is 11.3 Å². The number of benzene rings is 1. The summed E-state index contributed by atoms with van der Waals surface area (Å²) in [4.78, 5) is 18.6. The number of nitrogens with zero attached hydrogens (tertiary/aromatic N) is 3. The molecule has 1 N–H and O–H groups in total. The molecule has 6 heteroatoms. The average Bonchev–Trinajstić information content (AvgIpc) is 3.41.